The number of nitrogens with zero attached hydrogens (tertiary/aromatic N) is 2. The van der Waals surface area contributed by atoms with Crippen molar-refractivity contribution < 1.29 is 4.79 Å². The Hall–Kier alpha value is -1.69. The smallest absolute Gasteiger partial charge is 0.263 e. The van der Waals surface area contributed by atoms with Gasteiger partial charge in [0.25, 0.3) is 11.5 Å². The van der Waals surface area contributed by atoms with Crippen LogP contribution >= 0.6 is 11.3 Å². The second-order valence-corrected chi connectivity index (χ2v) is 5.09. The molecule has 0 fully saturated rings. The number of carbonyl (C=O) groups is 1. The molecule has 0 atom stereocenters. The third kappa shape index (κ3) is 1.84. The molecule has 2 rings (SSSR count). The lowest BCUT2D eigenvalue weighted by Crippen LogP contribution is -2.21. The predicted octanol–water partition coefficient (Wildman–Crippen LogP) is 1.30. The van der Waals surface area contributed by atoms with Gasteiger partial charge < -0.3 is 9.88 Å². The fourth-order valence-electron chi connectivity index (χ4n) is 1.66. The first-order chi connectivity index (χ1) is 7.91. The van der Waals surface area contributed by atoms with Crippen LogP contribution in [0.25, 0.3) is 10.2 Å². The van der Waals surface area contributed by atoms with Gasteiger partial charge >= 0.3 is 0 Å². The number of hydrogen-bond acceptors (Lipinski definition) is 4. The Morgan fingerprint density at radius 2 is 2.00 bits per heavy atom. The van der Waals surface area contributed by atoms with Crippen LogP contribution in [-0.4, -0.2) is 34.9 Å². The van der Waals surface area contributed by atoms with Crippen LogP contribution in [0.3, 0.4) is 0 Å². The summed E-state index contributed by atoms with van der Waals surface area (Å²) in [6, 6.07) is 0. The highest BCUT2D eigenvalue weighted by Crippen LogP contribution is 2.27. The Labute approximate surface area is 102 Å². The molecule has 0 radical (unpaired) electrons. The minimum Gasteiger partial charge on any atom is -0.344 e. The Morgan fingerprint density at radius 1 is 1.35 bits per heavy atom. The SMILES string of the molecule is Cc1nc2sc(C(=O)N(C)C)c(C)c2c(=O)[nH]1. The van der Waals surface area contributed by atoms with Gasteiger partial charge in [-0.15, -0.1) is 11.3 Å². The van der Waals surface area contributed by atoms with Crippen molar-refractivity contribution in [2.24, 2.45) is 0 Å². The fraction of sp³-hybridized carbons (Fsp3) is 0.364. The molecule has 90 valence electrons. The molecule has 5 nitrogen and oxygen atoms in total. The minimum atomic E-state index is -0.181. The van der Waals surface area contributed by atoms with Gasteiger partial charge in [-0.05, 0) is 19.4 Å². The van der Waals surface area contributed by atoms with E-state index in [4.69, 9.17) is 0 Å². The first-order valence-corrected chi connectivity index (χ1v) is 5.95. The maximum Gasteiger partial charge on any atom is 0.263 e. The van der Waals surface area contributed by atoms with Crippen LogP contribution in [0.5, 0.6) is 0 Å². The number of H-pyrrole nitrogens is 1. The zero-order chi connectivity index (χ0) is 12.7. The molecule has 6 heteroatoms. The second kappa shape index (κ2) is 3.96. The molecular formula is C11H13N3O2S. The molecule has 0 aliphatic heterocycles. The van der Waals surface area contributed by atoms with Crippen molar-refractivity contribution in [3.8, 4) is 0 Å². The van der Waals surface area contributed by atoms with E-state index in [0.717, 1.165) is 0 Å². The van der Waals surface area contributed by atoms with Gasteiger partial charge in [0, 0.05) is 14.1 Å². The van der Waals surface area contributed by atoms with E-state index in [2.05, 4.69) is 9.97 Å². The number of aromatic nitrogens is 2. The third-order valence-corrected chi connectivity index (χ3v) is 3.69. The summed E-state index contributed by atoms with van der Waals surface area (Å²) in [6.07, 6.45) is 0. The second-order valence-electron chi connectivity index (χ2n) is 4.09. The van der Waals surface area contributed by atoms with Gasteiger partial charge in [0.05, 0.1) is 10.3 Å². The molecule has 17 heavy (non-hydrogen) atoms. The van der Waals surface area contributed by atoms with Crippen LogP contribution in [0, 0.1) is 13.8 Å². The zero-order valence-corrected chi connectivity index (χ0v) is 10.9. The van der Waals surface area contributed by atoms with E-state index in [1.807, 2.05) is 0 Å². The summed E-state index contributed by atoms with van der Waals surface area (Å²) in [4.78, 5) is 33.3. The lowest BCUT2D eigenvalue weighted by Gasteiger charge is -2.08. The number of amides is 1. The van der Waals surface area contributed by atoms with Crippen molar-refractivity contribution in [2.45, 2.75) is 13.8 Å². The molecule has 2 heterocycles. The van der Waals surface area contributed by atoms with Crippen LogP contribution in [0.15, 0.2) is 4.79 Å². The number of carbonyl (C=O) groups excluding carboxylic acids is 1. The zero-order valence-electron chi connectivity index (χ0n) is 10.1. The average Bonchev–Trinajstić information content (AvgIpc) is 2.54. The number of nitrogens with one attached hydrogen (secondary N) is 1. The molecule has 1 N–H and O–H groups in total. The Kier molecular flexibility index (Phi) is 2.74. The van der Waals surface area contributed by atoms with Gasteiger partial charge in [-0.3, -0.25) is 9.59 Å². The summed E-state index contributed by atoms with van der Waals surface area (Å²) < 4.78 is 0. The Balaban J connectivity index is 2.78. The van der Waals surface area contributed by atoms with Gasteiger partial charge in [0.2, 0.25) is 0 Å². The van der Waals surface area contributed by atoms with Crippen LogP contribution < -0.4 is 5.56 Å². The van der Waals surface area contributed by atoms with Crippen LogP contribution in [0.2, 0.25) is 0 Å². The lowest BCUT2D eigenvalue weighted by molar-refractivity contribution is 0.0831. The van der Waals surface area contributed by atoms with E-state index in [1.165, 1.54) is 16.2 Å². The van der Waals surface area contributed by atoms with E-state index in [1.54, 1.807) is 27.9 Å². The number of aryl methyl sites for hydroxylation is 2. The highest BCUT2D eigenvalue weighted by molar-refractivity contribution is 7.20. The highest BCUT2D eigenvalue weighted by Gasteiger charge is 2.19. The fourth-order valence-corrected chi connectivity index (χ4v) is 2.91. The van der Waals surface area contributed by atoms with Crippen molar-refractivity contribution in [1.82, 2.24) is 14.9 Å². The van der Waals surface area contributed by atoms with E-state index in [9.17, 15) is 9.59 Å². The molecule has 0 saturated heterocycles. The Bertz CT molecular complexity index is 655. The minimum absolute atomic E-state index is 0.0949. The summed E-state index contributed by atoms with van der Waals surface area (Å²) >= 11 is 1.27. The van der Waals surface area contributed by atoms with Crippen LogP contribution in [0.4, 0.5) is 0 Å². The van der Waals surface area contributed by atoms with Crippen molar-refractivity contribution in [2.75, 3.05) is 14.1 Å². The van der Waals surface area contributed by atoms with E-state index < -0.39 is 0 Å². The van der Waals surface area contributed by atoms with Crippen LogP contribution in [-0.2, 0) is 0 Å². The quantitative estimate of drug-likeness (QED) is 0.830. The first-order valence-electron chi connectivity index (χ1n) is 5.13. The highest BCUT2D eigenvalue weighted by atomic mass is 32.1. The first kappa shape index (κ1) is 11.8. The summed E-state index contributed by atoms with van der Waals surface area (Å²) in [5.74, 6) is 0.468. The number of thiophene rings is 1. The van der Waals surface area contributed by atoms with E-state index in [0.29, 0.717) is 26.5 Å². The normalized spacial score (nSPS) is 10.8. The van der Waals surface area contributed by atoms with Crippen molar-refractivity contribution in [3.05, 3.63) is 26.6 Å². The summed E-state index contributed by atoms with van der Waals surface area (Å²) in [7, 11) is 3.38. The number of aromatic amines is 1. The molecule has 0 bridgehead atoms. The number of rotatable bonds is 1. The van der Waals surface area contributed by atoms with Crippen molar-refractivity contribution in [3.63, 3.8) is 0 Å². The maximum atomic E-state index is 11.9. The van der Waals surface area contributed by atoms with Gasteiger partial charge in [-0.2, -0.15) is 0 Å². The van der Waals surface area contributed by atoms with E-state index in [-0.39, 0.29) is 11.5 Å². The molecule has 1 amide bonds. The van der Waals surface area contributed by atoms with E-state index >= 15 is 0 Å². The van der Waals surface area contributed by atoms with Gasteiger partial charge in [0.15, 0.2) is 0 Å². The van der Waals surface area contributed by atoms with Gasteiger partial charge in [-0.25, -0.2) is 4.98 Å². The van der Waals surface area contributed by atoms with Crippen molar-refractivity contribution in [1.29, 1.82) is 0 Å². The summed E-state index contributed by atoms with van der Waals surface area (Å²) in [6.45, 7) is 3.51. The molecule has 0 unspecified atom stereocenters. The molecule has 2 aromatic rings. The monoisotopic (exact) mass is 251 g/mol. The van der Waals surface area contributed by atoms with Gasteiger partial charge in [-0.1, -0.05) is 0 Å². The van der Waals surface area contributed by atoms with Crippen LogP contribution in [0.1, 0.15) is 21.1 Å². The topological polar surface area (TPSA) is 66.1 Å². The Morgan fingerprint density at radius 3 is 2.59 bits per heavy atom. The average molecular weight is 251 g/mol. The molecule has 0 aliphatic carbocycles. The molecule has 0 aliphatic rings. The lowest BCUT2D eigenvalue weighted by atomic mass is 10.2. The summed E-state index contributed by atoms with van der Waals surface area (Å²) in [5.41, 5.74) is 0.525. The third-order valence-electron chi connectivity index (χ3n) is 2.52. The standard InChI is InChI=1S/C11H13N3O2S/c1-5-7-9(15)12-6(2)13-10(7)17-8(5)11(16)14(3)4/h1-4H3,(H,12,13,15). The molecule has 0 spiro atoms. The number of hydrogen-bond donors (Lipinski definition) is 1. The van der Waals surface area contributed by atoms with Gasteiger partial charge in [0.1, 0.15) is 10.7 Å². The molecular weight excluding hydrogens is 238 g/mol. The number of fused-ring (bicyclic) bond motifs is 1. The van der Waals surface area contributed by atoms with Crippen molar-refractivity contribution >= 4 is 27.5 Å². The largest absolute Gasteiger partial charge is 0.344 e. The predicted molar refractivity (Wildman–Crippen MR) is 67.7 cm³/mol. The molecule has 2 aromatic heterocycles. The summed E-state index contributed by atoms with van der Waals surface area (Å²) in [5, 5.41) is 0.519. The molecule has 0 saturated carbocycles. The molecule has 0 aromatic carbocycles. The maximum absolute atomic E-state index is 11.9.